The lowest BCUT2D eigenvalue weighted by atomic mass is 9.72. The van der Waals surface area contributed by atoms with Crippen molar-refractivity contribution in [1.82, 2.24) is 14.4 Å². The van der Waals surface area contributed by atoms with Gasteiger partial charge in [-0.1, -0.05) is 12.1 Å². The van der Waals surface area contributed by atoms with Crippen molar-refractivity contribution in [2.75, 3.05) is 27.3 Å². The Balaban J connectivity index is 1.59. The minimum absolute atomic E-state index is 0.147. The molecule has 1 amide bonds. The molecule has 2 fully saturated rings. The smallest absolute Gasteiger partial charge is 0.337 e. The maximum atomic E-state index is 12.4. The van der Waals surface area contributed by atoms with Crippen molar-refractivity contribution < 1.29 is 19.1 Å². The summed E-state index contributed by atoms with van der Waals surface area (Å²) in [6, 6.07) is 12.4. The van der Waals surface area contributed by atoms with Crippen LogP contribution in [0.1, 0.15) is 53.2 Å². The average Bonchev–Trinajstić information content (AvgIpc) is 3.28. The van der Waals surface area contributed by atoms with Crippen LogP contribution in [-0.4, -0.2) is 59.6 Å². The van der Waals surface area contributed by atoms with Gasteiger partial charge in [0.2, 0.25) is 5.91 Å². The summed E-state index contributed by atoms with van der Waals surface area (Å²) in [6.45, 7) is 6.14. The molecule has 0 radical (unpaired) electrons. The van der Waals surface area contributed by atoms with E-state index in [-0.39, 0.29) is 23.5 Å². The van der Waals surface area contributed by atoms with Crippen LogP contribution in [0.15, 0.2) is 42.6 Å². The summed E-state index contributed by atoms with van der Waals surface area (Å²) in [5.41, 5.74) is 5.10. The number of rotatable bonds is 5. The predicted octanol–water partition coefficient (Wildman–Crippen LogP) is 4.39. The van der Waals surface area contributed by atoms with Crippen molar-refractivity contribution in [2.45, 2.75) is 51.2 Å². The fourth-order valence-corrected chi connectivity index (χ4v) is 6.56. The van der Waals surface area contributed by atoms with Crippen molar-refractivity contribution in [3.8, 4) is 5.75 Å². The van der Waals surface area contributed by atoms with E-state index in [4.69, 9.17) is 9.47 Å². The van der Waals surface area contributed by atoms with E-state index >= 15 is 0 Å². The van der Waals surface area contributed by atoms with E-state index in [0.717, 1.165) is 44.6 Å². The molecule has 7 nitrogen and oxygen atoms in total. The number of carbonyl (C=O) groups is 2. The molecule has 2 bridgehead atoms. The molecule has 2 atom stereocenters. The van der Waals surface area contributed by atoms with Crippen LogP contribution in [0, 0.1) is 6.92 Å². The number of aromatic nitrogens is 1. The third-order valence-corrected chi connectivity index (χ3v) is 8.35. The highest BCUT2D eigenvalue weighted by Gasteiger charge is 2.49. The fraction of sp³-hybridized carbons (Fsp3) is 0.448. The third kappa shape index (κ3) is 3.86. The van der Waals surface area contributed by atoms with E-state index in [2.05, 4.69) is 53.9 Å². The molecular formula is C29H35N3O4. The minimum Gasteiger partial charge on any atom is -0.496 e. The first-order valence-corrected chi connectivity index (χ1v) is 12.6. The van der Waals surface area contributed by atoms with Crippen LogP contribution < -0.4 is 4.74 Å². The molecule has 0 N–H and O–H groups in total. The molecule has 0 spiro atoms. The first-order chi connectivity index (χ1) is 17.3. The number of likely N-dealkylation sites (tertiary alicyclic amines) is 2. The monoisotopic (exact) mass is 489 g/mol. The summed E-state index contributed by atoms with van der Waals surface area (Å²) in [5.74, 6) is 0.722. The highest BCUT2D eigenvalue weighted by molar-refractivity contribution is 5.89. The Hall–Kier alpha value is -3.32. The second-order valence-electron chi connectivity index (χ2n) is 10.2. The Labute approximate surface area is 212 Å². The van der Waals surface area contributed by atoms with Gasteiger partial charge in [0.15, 0.2) is 0 Å². The summed E-state index contributed by atoms with van der Waals surface area (Å²) < 4.78 is 13.0. The first-order valence-electron chi connectivity index (χ1n) is 12.6. The van der Waals surface area contributed by atoms with Crippen LogP contribution in [-0.2, 0) is 28.7 Å². The molecule has 0 saturated carbocycles. The number of nitrogens with zero attached hydrogens (tertiary/aromatic N) is 3. The number of esters is 1. The zero-order valence-corrected chi connectivity index (χ0v) is 21.8. The van der Waals surface area contributed by atoms with Gasteiger partial charge >= 0.3 is 5.97 Å². The van der Waals surface area contributed by atoms with Gasteiger partial charge in [0, 0.05) is 56.8 Å². The lowest BCUT2D eigenvalue weighted by molar-refractivity contribution is -0.140. The van der Waals surface area contributed by atoms with Crippen LogP contribution >= 0.6 is 0 Å². The molecule has 2 unspecified atom stereocenters. The molecule has 7 heteroatoms. The number of piperidine rings is 2. The molecule has 2 saturated heterocycles. The van der Waals surface area contributed by atoms with Crippen LogP contribution in [0.4, 0.5) is 0 Å². The van der Waals surface area contributed by atoms with Gasteiger partial charge in [-0.2, -0.15) is 0 Å². The normalized spacial score (nSPS) is 22.0. The van der Waals surface area contributed by atoms with Gasteiger partial charge < -0.3 is 18.9 Å². The number of hydrogen-bond acceptors (Lipinski definition) is 5. The number of ether oxygens (including phenoxy) is 2. The average molecular weight is 490 g/mol. The topological polar surface area (TPSA) is 64.0 Å². The number of amides is 1. The van der Waals surface area contributed by atoms with Crippen LogP contribution in [0.3, 0.4) is 0 Å². The van der Waals surface area contributed by atoms with Gasteiger partial charge in [0.1, 0.15) is 5.75 Å². The molecule has 2 aromatic carbocycles. The highest BCUT2D eigenvalue weighted by Crippen LogP contribution is 2.47. The first kappa shape index (κ1) is 24.4. The van der Waals surface area contributed by atoms with E-state index in [1.165, 1.54) is 34.7 Å². The molecule has 2 aliphatic rings. The standard InChI is InChI=1S/C29H35N3O4/c1-19-16-26(35-4)25(24-11-13-30(3)27(19)24)18-31-14-10-23-17-29(31,12-15-32(23)20(2)33)22-8-6-21(7-9-22)28(34)36-5/h6-9,11,13,16,23H,10,12,14-15,17-18H2,1-5H3. The maximum Gasteiger partial charge on any atom is 0.337 e. The zero-order valence-electron chi connectivity index (χ0n) is 21.8. The summed E-state index contributed by atoms with van der Waals surface area (Å²) in [4.78, 5) is 29.1. The minimum atomic E-state index is -0.334. The number of benzene rings is 2. The Morgan fingerprint density at radius 2 is 1.86 bits per heavy atom. The summed E-state index contributed by atoms with van der Waals surface area (Å²) >= 11 is 0. The second kappa shape index (κ2) is 9.28. The van der Waals surface area contributed by atoms with Crippen molar-refractivity contribution in [2.24, 2.45) is 7.05 Å². The fourth-order valence-electron chi connectivity index (χ4n) is 6.56. The molecule has 190 valence electrons. The van der Waals surface area contributed by atoms with Crippen molar-refractivity contribution >= 4 is 22.8 Å². The highest BCUT2D eigenvalue weighted by atomic mass is 16.5. The number of carbonyl (C=O) groups excluding carboxylic acids is 2. The van der Waals surface area contributed by atoms with Gasteiger partial charge in [0.05, 0.1) is 30.8 Å². The molecule has 1 aromatic heterocycles. The lowest BCUT2D eigenvalue weighted by Crippen LogP contribution is -2.62. The van der Waals surface area contributed by atoms with Gasteiger partial charge in [-0.25, -0.2) is 4.79 Å². The SMILES string of the molecule is COC(=O)c1ccc(C23CCN(C(C)=O)C(CCN2Cc2c(OC)cc(C)c4c2ccn4C)C3)cc1. The maximum absolute atomic E-state index is 12.4. The number of methoxy groups -OCH3 is 2. The molecule has 2 aliphatic heterocycles. The van der Waals surface area contributed by atoms with Crippen molar-refractivity contribution in [3.63, 3.8) is 0 Å². The molecular weight excluding hydrogens is 454 g/mol. The van der Waals surface area contributed by atoms with Crippen LogP contribution in [0.5, 0.6) is 5.75 Å². The molecule has 36 heavy (non-hydrogen) atoms. The van der Waals surface area contributed by atoms with Gasteiger partial charge in [-0.15, -0.1) is 0 Å². The van der Waals surface area contributed by atoms with E-state index < -0.39 is 0 Å². The second-order valence-corrected chi connectivity index (χ2v) is 10.2. The number of hydrogen-bond donors (Lipinski definition) is 0. The van der Waals surface area contributed by atoms with Gasteiger partial charge in [0.25, 0.3) is 0 Å². The van der Waals surface area contributed by atoms with Crippen LogP contribution in [0.2, 0.25) is 0 Å². The molecule has 3 heterocycles. The van der Waals surface area contributed by atoms with Gasteiger partial charge in [-0.3, -0.25) is 9.69 Å². The van der Waals surface area contributed by atoms with Crippen molar-refractivity contribution in [1.29, 1.82) is 0 Å². The molecule has 3 aromatic rings. The summed E-state index contributed by atoms with van der Waals surface area (Å²) in [7, 11) is 5.23. The van der Waals surface area contributed by atoms with E-state index in [1.807, 2.05) is 17.0 Å². The quantitative estimate of drug-likeness (QED) is 0.498. The van der Waals surface area contributed by atoms with Gasteiger partial charge in [-0.05, 0) is 61.6 Å². The van der Waals surface area contributed by atoms with Crippen molar-refractivity contribution in [3.05, 3.63) is 64.8 Å². The summed E-state index contributed by atoms with van der Waals surface area (Å²) in [5, 5.41) is 1.22. The van der Waals surface area contributed by atoms with Crippen LogP contribution in [0.25, 0.3) is 10.9 Å². The summed E-state index contributed by atoms with van der Waals surface area (Å²) in [6.07, 6.45) is 4.76. The zero-order chi connectivity index (χ0) is 25.6. The Kier molecular flexibility index (Phi) is 6.29. The van der Waals surface area contributed by atoms with E-state index in [1.54, 1.807) is 14.0 Å². The molecule has 0 aliphatic carbocycles. The van der Waals surface area contributed by atoms with E-state index in [9.17, 15) is 9.59 Å². The Bertz CT molecular complexity index is 1310. The predicted molar refractivity (Wildman–Crippen MR) is 139 cm³/mol. The Morgan fingerprint density at radius 3 is 2.53 bits per heavy atom. The Morgan fingerprint density at radius 1 is 1.11 bits per heavy atom. The number of fused-ring (bicyclic) bond motifs is 3. The lowest BCUT2D eigenvalue weighted by Gasteiger charge is -2.56. The van der Waals surface area contributed by atoms with E-state index in [0.29, 0.717) is 5.56 Å². The largest absolute Gasteiger partial charge is 0.496 e. The third-order valence-electron chi connectivity index (χ3n) is 8.35. The number of aryl methyl sites for hydroxylation is 2. The molecule has 5 rings (SSSR count).